The first-order valence-electron chi connectivity index (χ1n) is 9.14. The molecule has 5 nitrogen and oxygen atoms in total. The van der Waals surface area contributed by atoms with Gasteiger partial charge in [0.25, 0.3) is 0 Å². The maximum Gasteiger partial charge on any atom is 0.241 e. The molecule has 0 aromatic heterocycles. The first-order valence-corrected chi connectivity index (χ1v) is 9.14. The van der Waals surface area contributed by atoms with Crippen molar-refractivity contribution in [1.29, 1.82) is 0 Å². The van der Waals surface area contributed by atoms with E-state index in [9.17, 15) is 9.59 Å². The van der Waals surface area contributed by atoms with E-state index in [1.54, 1.807) is 18.9 Å². The van der Waals surface area contributed by atoms with Crippen LogP contribution in [0.5, 0.6) is 0 Å². The van der Waals surface area contributed by atoms with Gasteiger partial charge in [-0.3, -0.25) is 14.5 Å². The molecule has 2 N–H and O–H groups in total. The minimum Gasteiger partial charge on any atom is -0.350 e. The molecule has 2 aromatic rings. The topological polar surface area (TPSA) is 61.4 Å². The van der Waals surface area contributed by atoms with Crippen molar-refractivity contribution in [2.45, 2.75) is 39.3 Å². The van der Waals surface area contributed by atoms with E-state index in [0.29, 0.717) is 0 Å². The summed E-state index contributed by atoms with van der Waals surface area (Å²) in [7, 11) is 1.77. The van der Waals surface area contributed by atoms with Crippen LogP contribution in [0.15, 0.2) is 54.6 Å². The van der Waals surface area contributed by atoms with Crippen LogP contribution in [0.2, 0.25) is 0 Å². The van der Waals surface area contributed by atoms with Crippen molar-refractivity contribution in [1.82, 2.24) is 10.2 Å². The van der Waals surface area contributed by atoms with Crippen LogP contribution in [0, 0.1) is 0 Å². The van der Waals surface area contributed by atoms with E-state index in [4.69, 9.17) is 0 Å². The lowest BCUT2D eigenvalue weighted by molar-refractivity contribution is -0.125. The van der Waals surface area contributed by atoms with E-state index in [1.165, 1.54) is 0 Å². The van der Waals surface area contributed by atoms with Crippen molar-refractivity contribution in [3.63, 3.8) is 0 Å². The third-order valence-electron chi connectivity index (χ3n) is 4.22. The van der Waals surface area contributed by atoms with Gasteiger partial charge in [-0.2, -0.15) is 0 Å². The molecule has 0 bridgehead atoms. The smallest absolute Gasteiger partial charge is 0.241 e. The minimum absolute atomic E-state index is 0.102. The fourth-order valence-electron chi connectivity index (χ4n) is 2.72. The molecule has 1 atom stereocenters. The summed E-state index contributed by atoms with van der Waals surface area (Å²) in [4.78, 5) is 26.6. The van der Waals surface area contributed by atoms with Gasteiger partial charge in [-0.05, 0) is 46.4 Å². The highest BCUT2D eigenvalue weighted by atomic mass is 16.2. The normalized spacial score (nSPS) is 12.5. The summed E-state index contributed by atoms with van der Waals surface area (Å²) >= 11 is 0. The number of hydrogen-bond donors (Lipinski definition) is 2. The number of hydrogen-bond acceptors (Lipinski definition) is 3. The number of carbonyl (C=O) groups is 2. The van der Waals surface area contributed by atoms with E-state index in [0.717, 1.165) is 16.8 Å². The average Bonchev–Trinajstić information content (AvgIpc) is 2.60. The molecule has 5 heteroatoms. The van der Waals surface area contributed by atoms with Crippen LogP contribution in [0.3, 0.4) is 0 Å². The van der Waals surface area contributed by atoms with Crippen LogP contribution in [-0.4, -0.2) is 41.9 Å². The molecule has 1 unspecified atom stereocenters. The van der Waals surface area contributed by atoms with E-state index < -0.39 is 6.04 Å². The summed E-state index contributed by atoms with van der Waals surface area (Å²) in [6.45, 7) is 7.75. The first kappa shape index (κ1) is 20.6. The fourth-order valence-corrected chi connectivity index (χ4v) is 2.72. The third kappa shape index (κ3) is 6.22. The number of carbonyl (C=O) groups excluding carboxylic acids is 2. The number of nitrogens with one attached hydrogen (secondary N) is 2. The van der Waals surface area contributed by atoms with Crippen molar-refractivity contribution in [3.05, 3.63) is 54.6 Å². The van der Waals surface area contributed by atoms with Gasteiger partial charge in [0.1, 0.15) is 0 Å². The quantitative estimate of drug-likeness (QED) is 0.821. The van der Waals surface area contributed by atoms with Crippen LogP contribution in [0.1, 0.15) is 27.7 Å². The lowest BCUT2D eigenvalue weighted by Crippen LogP contribution is -2.49. The minimum atomic E-state index is -0.445. The first-order chi connectivity index (χ1) is 12.7. The predicted molar refractivity (Wildman–Crippen MR) is 110 cm³/mol. The number of likely N-dealkylation sites (N-methyl/N-ethyl adjacent to an activating group) is 1. The zero-order valence-electron chi connectivity index (χ0n) is 16.7. The van der Waals surface area contributed by atoms with Gasteiger partial charge in [-0.1, -0.05) is 48.5 Å². The molecule has 0 fully saturated rings. The molecule has 2 aromatic carbocycles. The summed E-state index contributed by atoms with van der Waals surface area (Å²) in [6, 6.07) is 17.2. The van der Waals surface area contributed by atoms with E-state index in [2.05, 4.69) is 10.6 Å². The zero-order valence-corrected chi connectivity index (χ0v) is 16.7. The summed E-state index contributed by atoms with van der Waals surface area (Å²) in [6.07, 6.45) is 0. The second-order valence-corrected chi connectivity index (χ2v) is 7.79. The van der Waals surface area contributed by atoms with E-state index >= 15 is 0 Å². The number of rotatable bonds is 6. The van der Waals surface area contributed by atoms with Gasteiger partial charge in [-0.15, -0.1) is 0 Å². The van der Waals surface area contributed by atoms with Crippen molar-refractivity contribution >= 4 is 17.5 Å². The number of anilines is 1. The van der Waals surface area contributed by atoms with Gasteiger partial charge in [-0.25, -0.2) is 0 Å². The summed E-state index contributed by atoms with van der Waals surface area (Å²) in [5.41, 5.74) is 2.47. The van der Waals surface area contributed by atoms with Gasteiger partial charge in [0.05, 0.1) is 12.6 Å². The summed E-state index contributed by atoms with van der Waals surface area (Å²) in [5.74, 6) is -0.251. The van der Waals surface area contributed by atoms with E-state index in [-0.39, 0.29) is 23.9 Å². The molecule has 27 heavy (non-hydrogen) atoms. The lowest BCUT2D eigenvalue weighted by atomic mass is 10.0. The monoisotopic (exact) mass is 367 g/mol. The van der Waals surface area contributed by atoms with Gasteiger partial charge in [0.15, 0.2) is 0 Å². The molecule has 2 rings (SSSR count). The van der Waals surface area contributed by atoms with Crippen molar-refractivity contribution in [2.24, 2.45) is 0 Å². The van der Waals surface area contributed by atoms with Gasteiger partial charge in [0.2, 0.25) is 11.8 Å². The Kier molecular flexibility index (Phi) is 6.75. The second-order valence-electron chi connectivity index (χ2n) is 7.79. The van der Waals surface area contributed by atoms with Gasteiger partial charge in [0, 0.05) is 16.8 Å². The largest absolute Gasteiger partial charge is 0.350 e. The molecule has 0 saturated heterocycles. The number of nitrogens with zero attached hydrogens (tertiary/aromatic N) is 1. The Morgan fingerprint density at radius 1 is 1.00 bits per heavy atom. The van der Waals surface area contributed by atoms with Crippen molar-refractivity contribution < 1.29 is 9.59 Å². The molecule has 0 radical (unpaired) electrons. The molecule has 2 amide bonds. The Labute approximate surface area is 161 Å². The van der Waals surface area contributed by atoms with Crippen LogP contribution in [0.4, 0.5) is 5.69 Å². The standard InChI is InChI=1S/C22H29N3O2/c1-16(25(5)15-20(26)24-22(2,3)4)21(27)23-19-14-10-9-13-18(19)17-11-7-6-8-12-17/h6-14,16H,15H2,1-5H3,(H,23,27)(H,24,26). The molecule has 0 aliphatic heterocycles. The Morgan fingerprint density at radius 3 is 2.22 bits per heavy atom. The van der Waals surface area contributed by atoms with E-state index in [1.807, 2.05) is 75.4 Å². The number of amides is 2. The molecule has 0 aliphatic rings. The predicted octanol–water partition coefficient (Wildman–Crippen LogP) is 3.53. The number of para-hydroxylation sites is 1. The molecule has 144 valence electrons. The van der Waals surface area contributed by atoms with Crippen molar-refractivity contribution in [3.8, 4) is 11.1 Å². The molecular formula is C22H29N3O2. The van der Waals surface area contributed by atoms with Crippen LogP contribution < -0.4 is 10.6 Å². The maximum atomic E-state index is 12.7. The Morgan fingerprint density at radius 2 is 1.59 bits per heavy atom. The molecule has 0 spiro atoms. The second kappa shape index (κ2) is 8.82. The Hall–Kier alpha value is -2.66. The van der Waals surface area contributed by atoms with Crippen LogP contribution in [-0.2, 0) is 9.59 Å². The highest BCUT2D eigenvalue weighted by molar-refractivity contribution is 5.98. The van der Waals surface area contributed by atoms with Gasteiger partial charge >= 0.3 is 0 Å². The van der Waals surface area contributed by atoms with Crippen LogP contribution in [0.25, 0.3) is 11.1 Å². The highest BCUT2D eigenvalue weighted by Crippen LogP contribution is 2.27. The Bertz CT molecular complexity index is 782. The maximum absolute atomic E-state index is 12.7. The molecule has 0 saturated carbocycles. The average molecular weight is 367 g/mol. The molecule has 0 aliphatic carbocycles. The third-order valence-corrected chi connectivity index (χ3v) is 4.22. The zero-order chi connectivity index (χ0) is 20.0. The van der Waals surface area contributed by atoms with Gasteiger partial charge < -0.3 is 10.6 Å². The summed E-state index contributed by atoms with van der Waals surface area (Å²) < 4.78 is 0. The SMILES string of the molecule is CC(C(=O)Nc1ccccc1-c1ccccc1)N(C)CC(=O)NC(C)(C)C. The van der Waals surface area contributed by atoms with Crippen molar-refractivity contribution in [2.75, 3.05) is 18.9 Å². The number of benzene rings is 2. The highest BCUT2D eigenvalue weighted by Gasteiger charge is 2.22. The fraction of sp³-hybridized carbons (Fsp3) is 0.364. The Balaban J connectivity index is 2.06. The van der Waals surface area contributed by atoms with Crippen LogP contribution >= 0.6 is 0 Å². The molecule has 0 heterocycles. The molecular weight excluding hydrogens is 338 g/mol. The lowest BCUT2D eigenvalue weighted by Gasteiger charge is -2.26. The summed E-state index contributed by atoms with van der Waals surface area (Å²) in [5, 5.41) is 5.91.